The zero-order valence-electron chi connectivity index (χ0n) is 20.9. The molecule has 1 unspecified atom stereocenters. The number of aromatic nitrogens is 4. The molecule has 7 rings (SSSR count). The average Bonchev–Trinajstić information content (AvgIpc) is 3.44. The first kappa shape index (κ1) is 22.2. The van der Waals surface area contributed by atoms with Crippen LogP contribution in [0.2, 0.25) is 0 Å². The Morgan fingerprint density at radius 2 is 2.08 bits per heavy atom. The van der Waals surface area contributed by atoms with E-state index in [1.807, 2.05) is 36.0 Å². The van der Waals surface area contributed by atoms with Gasteiger partial charge in [0.25, 0.3) is 5.91 Å². The van der Waals surface area contributed by atoms with Crippen LogP contribution in [0.25, 0.3) is 22.3 Å². The number of fused-ring (bicyclic) bond motifs is 5. The van der Waals surface area contributed by atoms with Crippen LogP contribution < -0.4 is 15.5 Å². The van der Waals surface area contributed by atoms with Gasteiger partial charge in [-0.1, -0.05) is 0 Å². The third-order valence-electron chi connectivity index (χ3n) is 7.55. The summed E-state index contributed by atoms with van der Waals surface area (Å²) in [7, 11) is 4.09. The quantitative estimate of drug-likeness (QED) is 0.447. The lowest BCUT2D eigenvalue weighted by atomic mass is 10.0. The summed E-state index contributed by atoms with van der Waals surface area (Å²) in [6, 6.07) is 8.45. The van der Waals surface area contributed by atoms with E-state index in [-0.39, 0.29) is 5.91 Å². The Morgan fingerprint density at radius 1 is 1.16 bits per heavy atom. The molecular formula is C27H28N8O2. The van der Waals surface area contributed by atoms with Crippen molar-refractivity contribution >= 4 is 34.1 Å². The topological polar surface area (TPSA) is 100 Å². The highest BCUT2D eigenvalue weighted by atomic mass is 16.5. The number of amides is 1. The van der Waals surface area contributed by atoms with Gasteiger partial charge in [-0.25, -0.2) is 9.97 Å². The summed E-state index contributed by atoms with van der Waals surface area (Å²) in [5.74, 6) is 0.592. The number of anilines is 3. The predicted octanol–water partition coefficient (Wildman–Crippen LogP) is 2.67. The van der Waals surface area contributed by atoms with Crippen molar-refractivity contribution in [2.24, 2.45) is 7.05 Å². The van der Waals surface area contributed by atoms with Gasteiger partial charge in [-0.15, -0.1) is 0 Å². The van der Waals surface area contributed by atoms with E-state index in [2.05, 4.69) is 38.5 Å². The summed E-state index contributed by atoms with van der Waals surface area (Å²) < 4.78 is 7.71. The fourth-order valence-electron chi connectivity index (χ4n) is 5.82. The van der Waals surface area contributed by atoms with Gasteiger partial charge in [0.15, 0.2) is 0 Å². The van der Waals surface area contributed by atoms with E-state index >= 15 is 0 Å². The number of nitrogens with zero attached hydrogens (tertiary/aromatic N) is 6. The van der Waals surface area contributed by atoms with Crippen LogP contribution in [-0.2, 0) is 24.9 Å². The van der Waals surface area contributed by atoms with Crippen LogP contribution in [0.3, 0.4) is 0 Å². The highest BCUT2D eigenvalue weighted by Crippen LogP contribution is 2.36. The van der Waals surface area contributed by atoms with E-state index in [0.29, 0.717) is 29.7 Å². The van der Waals surface area contributed by atoms with Gasteiger partial charge in [0.1, 0.15) is 11.5 Å². The summed E-state index contributed by atoms with van der Waals surface area (Å²) in [6.07, 6.45) is 5.52. The number of carbonyl (C=O) groups excluding carboxylic acids is 1. The Labute approximate surface area is 214 Å². The molecule has 10 nitrogen and oxygen atoms in total. The molecule has 0 aliphatic carbocycles. The number of carbonyl (C=O) groups is 1. The zero-order chi connectivity index (χ0) is 25.1. The Kier molecular flexibility index (Phi) is 5.12. The van der Waals surface area contributed by atoms with Crippen molar-refractivity contribution < 1.29 is 9.53 Å². The first-order valence-electron chi connectivity index (χ1n) is 12.6. The van der Waals surface area contributed by atoms with Crippen molar-refractivity contribution in [1.82, 2.24) is 29.7 Å². The lowest BCUT2D eigenvalue weighted by Gasteiger charge is -2.37. The SMILES string of the molecule is CN1Cc2nc(Nc3cnc(-c4ccnc5c4ccn5C)c4c3C(=O)NC4)ccc2N2CCOCC2C1. The molecule has 37 heavy (non-hydrogen) atoms. The summed E-state index contributed by atoms with van der Waals surface area (Å²) in [5, 5.41) is 7.40. The number of rotatable bonds is 3. The summed E-state index contributed by atoms with van der Waals surface area (Å²) in [4.78, 5) is 32.0. The van der Waals surface area contributed by atoms with Gasteiger partial charge in [-0.2, -0.15) is 0 Å². The number of aryl methyl sites for hydroxylation is 1. The number of nitrogens with one attached hydrogen (secondary N) is 2. The molecule has 3 aliphatic rings. The molecular weight excluding hydrogens is 468 g/mol. The normalized spacial score (nSPS) is 19.2. The fourth-order valence-corrected chi connectivity index (χ4v) is 5.82. The minimum absolute atomic E-state index is 0.106. The number of hydrogen-bond acceptors (Lipinski definition) is 8. The molecule has 10 heteroatoms. The number of pyridine rings is 3. The molecule has 1 fully saturated rings. The van der Waals surface area contributed by atoms with Crippen molar-refractivity contribution in [1.29, 1.82) is 0 Å². The maximum Gasteiger partial charge on any atom is 0.254 e. The van der Waals surface area contributed by atoms with E-state index in [1.54, 1.807) is 12.4 Å². The largest absolute Gasteiger partial charge is 0.377 e. The molecule has 0 aromatic carbocycles. The molecule has 2 N–H and O–H groups in total. The van der Waals surface area contributed by atoms with Gasteiger partial charge in [0, 0.05) is 62.1 Å². The molecule has 188 valence electrons. The van der Waals surface area contributed by atoms with E-state index in [4.69, 9.17) is 14.7 Å². The summed E-state index contributed by atoms with van der Waals surface area (Å²) in [6.45, 7) is 4.44. The van der Waals surface area contributed by atoms with Gasteiger partial charge in [0.2, 0.25) is 0 Å². The Bertz CT molecular complexity index is 1550. The molecule has 0 spiro atoms. The molecule has 0 bridgehead atoms. The van der Waals surface area contributed by atoms with Crippen LogP contribution in [0, 0.1) is 0 Å². The smallest absolute Gasteiger partial charge is 0.254 e. The molecule has 4 aromatic rings. The second-order valence-corrected chi connectivity index (χ2v) is 9.99. The first-order valence-corrected chi connectivity index (χ1v) is 12.6. The van der Waals surface area contributed by atoms with Gasteiger partial charge >= 0.3 is 0 Å². The minimum atomic E-state index is -0.106. The van der Waals surface area contributed by atoms with Gasteiger partial charge in [-0.3, -0.25) is 14.7 Å². The Morgan fingerprint density at radius 3 is 3.00 bits per heavy atom. The molecule has 0 radical (unpaired) electrons. The third-order valence-corrected chi connectivity index (χ3v) is 7.55. The number of morpholine rings is 1. The van der Waals surface area contributed by atoms with E-state index in [1.165, 1.54) is 0 Å². The second kappa shape index (κ2) is 8.53. The van der Waals surface area contributed by atoms with Crippen molar-refractivity contribution in [2.45, 2.75) is 19.1 Å². The first-order chi connectivity index (χ1) is 18.1. The molecule has 4 aromatic heterocycles. The predicted molar refractivity (Wildman–Crippen MR) is 141 cm³/mol. The molecule has 3 aliphatic heterocycles. The fraction of sp³-hybridized carbons (Fsp3) is 0.333. The standard InChI is InChI=1S/C27H28N8O2/c1-33-13-16-15-37-10-9-35(16)22-3-4-23(32-21(22)14-33)31-20-12-29-25(19-11-30-27(36)24(19)20)17-5-7-28-26-18(17)6-8-34(26)2/h3-8,12,16H,9-11,13-15H2,1-2H3,(H,30,36)(H,31,32). The average molecular weight is 497 g/mol. The highest BCUT2D eigenvalue weighted by Gasteiger charge is 2.31. The van der Waals surface area contributed by atoms with Gasteiger partial charge < -0.3 is 24.8 Å². The minimum Gasteiger partial charge on any atom is -0.377 e. The molecule has 0 saturated carbocycles. The van der Waals surface area contributed by atoms with Gasteiger partial charge in [0.05, 0.1) is 53.8 Å². The summed E-state index contributed by atoms with van der Waals surface area (Å²) >= 11 is 0. The van der Waals surface area contributed by atoms with Crippen molar-refractivity contribution in [3.05, 3.63) is 59.7 Å². The lowest BCUT2D eigenvalue weighted by molar-refractivity contribution is 0.0844. The van der Waals surface area contributed by atoms with E-state index < -0.39 is 0 Å². The molecule has 7 heterocycles. The van der Waals surface area contributed by atoms with Crippen molar-refractivity contribution in [2.75, 3.05) is 43.6 Å². The highest BCUT2D eigenvalue weighted by molar-refractivity contribution is 6.06. The maximum absolute atomic E-state index is 13.0. The number of likely N-dealkylation sites (N-methyl/N-ethyl adjacent to an activating group) is 1. The lowest BCUT2D eigenvalue weighted by Crippen LogP contribution is -2.49. The molecule has 1 amide bonds. The van der Waals surface area contributed by atoms with E-state index in [0.717, 1.165) is 72.1 Å². The van der Waals surface area contributed by atoms with Crippen LogP contribution in [0.5, 0.6) is 0 Å². The van der Waals surface area contributed by atoms with Crippen LogP contribution in [-0.4, -0.2) is 69.7 Å². The second-order valence-electron chi connectivity index (χ2n) is 9.99. The molecule has 1 atom stereocenters. The maximum atomic E-state index is 13.0. The Balaban J connectivity index is 1.27. The van der Waals surface area contributed by atoms with Crippen LogP contribution >= 0.6 is 0 Å². The van der Waals surface area contributed by atoms with Crippen LogP contribution in [0.4, 0.5) is 17.2 Å². The van der Waals surface area contributed by atoms with Crippen LogP contribution in [0.15, 0.2) is 42.9 Å². The third kappa shape index (κ3) is 3.63. The Hall–Kier alpha value is -4.02. The van der Waals surface area contributed by atoms with E-state index in [9.17, 15) is 4.79 Å². The summed E-state index contributed by atoms with van der Waals surface area (Å²) in [5.41, 5.74) is 6.99. The zero-order valence-corrected chi connectivity index (χ0v) is 20.9. The van der Waals surface area contributed by atoms with Crippen LogP contribution in [0.1, 0.15) is 21.6 Å². The number of ether oxygens (including phenoxy) is 1. The number of hydrogen-bond donors (Lipinski definition) is 2. The monoisotopic (exact) mass is 496 g/mol. The molecule has 1 saturated heterocycles. The van der Waals surface area contributed by atoms with Crippen molar-refractivity contribution in [3.63, 3.8) is 0 Å². The van der Waals surface area contributed by atoms with Gasteiger partial charge in [-0.05, 0) is 31.3 Å². The van der Waals surface area contributed by atoms with Crippen molar-refractivity contribution in [3.8, 4) is 11.3 Å².